The Labute approximate surface area is 88.3 Å². The molecule has 0 saturated carbocycles. The lowest BCUT2D eigenvalue weighted by Crippen LogP contribution is -2.27. The highest BCUT2D eigenvalue weighted by molar-refractivity contribution is 7.90. The molecule has 0 fully saturated rings. The van der Waals surface area contributed by atoms with Gasteiger partial charge < -0.3 is 4.42 Å². The van der Waals surface area contributed by atoms with E-state index in [4.69, 9.17) is 16.0 Å². The first-order chi connectivity index (χ1) is 6.44. The van der Waals surface area contributed by atoms with Gasteiger partial charge in [0, 0.05) is 0 Å². The van der Waals surface area contributed by atoms with Crippen molar-refractivity contribution in [1.82, 2.24) is 4.72 Å². The molecule has 0 radical (unpaired) electrons. The predicted octanol–water partition coefficient (Wildman–Crippen LogP) is 1.76. The molecular weight excluding hydrogens is 226 g/mol. The highest BCUT2D eigenvalue weighted by atomic mass is 35.5. The number of alkyl halides is 1. The minimum atomic E-state index is -3.40. The number of furan rings is 1. The van der Waals surface area contributed by atoms with Crippen molar-refractivity contribution in [1.29, 1.82) is 0 Å². The van der Waals surface area contributed by atoms with Crippen LogP contribution in [-0.4, -0.2) is 13.6 Å². The Kier molecular flexibility index (Phi) is 3.58. The summed E-state index contributed by atoms with van der Waals surface area (Å²) < 4.78 is 29.9. The van der Waals surface area contributed by atoms with E-state index >= 15 is 0 Å². The van der Waals surface area contributed by atoms with Crippen LogP contribution in [0.1, 0.15) is 24.5 Å². The molecule has 1 N–H and O–H groups in total. The molecule has 6 heteroatoms. The second kappa shape index (κ2) is 4.33. The number of nitrogens with one attached hydrogen (secondary N) is 1. The van der Waals surface area contributed by atoms with Gasteiger partial charge in [-0.25, -0.2) is 13.1 Å². The van der Waals surface area contributed by atoms with E-state index in [2.05, 4.69) is 4.72 Å². The first-order valence-corrected chi connectivity index (χ1v) is 6.25. The number of sulfonamides is 1. The van der Waals surface area contributed by atoms with Crippen LogP contribution in [0.15, 0.2) is 16.5 Å². The molecular formula is C8H12ClNO3S. The minimum absolute atomic E-state index is 0.396. The van der Waals surface area contributed by atoms with Crippen LogP contribution >= 0.6 is 11.6 Å². The largest absolute Gasteiger partial charge is 0.465 e. The van der Waals surface area contributed by atoms with Gasteiger partial charge in [0.1, 0.15) is 16.7 Å². The van der Waals surface area contributed by atoms with E-state index in [1.54, 1.807) is 26.0 Å². The number of rotatable bonds is 4. The highest BCUT2D eigenvalue weighted by Crippen LogP contribution is 2.16. The zero-order valence-corrected chi connectivity index (χ0v) is 9.52. The average molecular weight is 238 g/mol. The second-order valence-electron chi connectivity index (χ2n) is 3.01. The Hall–Kier alpha value is -0.520. The quantitative estimate of drug-likeness (QED) is 0.812. The molecule has 80 valence electrons. The zero-order valence-electron chi connectivity index (χ0n) is 7.95. The van der Waals surface area contributed by atoms with E-state index < -0.39 is 21.3 Å². The molecule has 0 aliphatic rings. The van der Waals surface area contributed by atoms with Crippen LogP contribution in [0.5, 0.6) is 0 Å². The van der Waals surface area contributed by atoms with Gasteiger partial charge in [0.05, 0.1) is 6.04 Å². The molecule has 0 bridgehead atoms. The number of aryl methyl sites for hydroxylation is 1. The van der Waals surface area contributed by atoms with Crippen LogP contribution in [0.25, 0.3) is 0 Å². The maximum Gasteiger partial charge on any atom is 0.226 e. The van der Waals surface area contributed by atoms with Crippen LogP contribution in [0.2, 0.25) is 0 Å². The fourth-order valence-electron chi connectivity index (χ4n) is 1.05. The van der Waals surface area contributed by atoms with Gasteiger partial charge in [-0.15, -0.1) is 11.6 Å². The molecule has 4 nitrogen and oxygen atoms in total. The Morgan fingerprint density at radius 3 is 2.64 bits per heavy atom. The van der Waals surface area contributed by atoms with Crippen molar-refractivity contribution in [2.45, 2.75) is 19.9 Å². The van der Waals surface area contributed by atoms with E-state index in [9.17, 15) is 8.42 Å². The van der Waals surface area contributed by atoms with Crippen molar-refractivity contribution in [2.24, 2.45) is 0 Å². The third-order valence-corrected chi connectivity index (χ3v) is 3.55. The topological polar surface area (TPSA) is 59.3 Å². The van der Waals surface area contributed by atoms with Crippen molar-refractivity contribution >= 4 is 21.6 Å². The van der Waals surface area contributed by atoms with Gasteiger partial charge in [0.2, 0.25) is 10.0 Å². The van der Waals surface area contributed by atoms with E-state index in [0.717, 1.165) is 5.76 Å². The Bertz CT molecular complexity index is 398. The normalized spacial score (nSPS) is 14.2. The number of halogens is 1. The van der Waals surface area contributed by atoms with Crippen LogP contribution in [0.3, 0.4) is 0 Å². The molecule has 1 unspecified atom stereocenters. The first-order valence-electron chi connectivity index (χ1n) is 4.07. The SMILES string of the molecule is Cc1ccc(C(C)NS(=O)(=O)CCl)o1. The van der Waals surface area contributed by atoms with Gasteiger partial charge in [-0.05, 0) is 26.0 Å². The molecule has 0 amide bonds. The van der Waals surface area contributed by atoms with E-state index in [-0.39, 0.29) is 0 Å². The standard InChI is InChI=1S/C8H12ClNO3S/c1-6-3-4-8(13-6)7(2)10-14(11,12)5-9/h3-4,7,10H,5H2,1-2H3. The Balaban J connectivity index is 2.73. The molecule has 1 heterocycles. The first kappa shape index (κ1) is 11.6. The van der Waals surface area contributed by atoms with Gasteiger partial charge in [-0.2, -0.15) is 0 Å². The maximum absolute atomic E-state index is 11.1. The van der Waals surface area contributed by atoms with Crippen molar-refractivity contribution in [3.05, 3.63) is 23.7 Å². The number of hydrogen-bond acceptors (Lipinski definition) is 3. The molecule has 0 spiro atoms. The lowest BCUT2D eigenvalue weighted by atomic mass is 10.3. The molecule has 1 aromatic heterocycles. The van der Waals surface area contributed by atoms with E-state index in [1.165, 1.54) is 0 Å². The summed E-state index contributed by atoms with van der Waals surface area (Å²) in [5.74, 6) is 1.33. The average Bonchev–Trinajstić information content (AvgIpc) is 2.51. The molecule has 0 aromatic carbocycles. The molecule has 0 aliphatic carbocycles. The smallest absolute Gasteiger partial charge is 0.226 e. The predicted molar refractivity (Wildman–Crippen MR) is 54.6 cm³/mol. The van der Waals surface area contributed by atoms with Crippen LogP contribution < -0.4 is 4.72 Å². The fraction of sp³-hybridized carbons (Fsp3) is 0.500. The summed E-state index contributed by atoms with van der Waals surface area (Å²) in [6.07, 6.45) is 0. The van der Waals surface area contributed by atoms with Crippen molar-refractivity contribution < 1.29 is 12.8 Å². The highest BCUT2D eigenvalue weighted by Gasteiger charge is 2.16. The third kappa shape index (κ3) is 3.01. The van der Waals surface area contributed by atoms with E-state index in [0.29, 0.717) is 5.76 Å². The monoisotopic (exact) mass is 237 g/mol. The van der Waals surface area contributed by atoms with Gasteiger partial charge in [-0.3, -0.25) is 0 Å². The van der Waals surface area contributed by atoms with E-state index in [1.807, 2.05) is 0 Å². The third-order valence-electron chi connectivity index (χ3n) is 1.69. The zero-order chi connectivity index (χ0) is 10.8. The summed E-state index contributed by atoms with van der Waals surface area (Å²) in [7, 11) is -3.40. The Morgan fingerprint density at radius 2 is 2.21 bits per heavy atom. The minimum Gasteiger partial charge on any atom is -0.465 e. The fourth-order valence-corrected chi connectivity index (χ4v) is 1.95. The molecule has 14 heavy (non-hydrogen) atoms. The lowest BCUT2D eigenvalue weighted by Gasteiger charge is -2.09. The molecule has 0 aliphatic heterocycles. The summed E-state index contributed by atoms with van der Waals surface area (Å²) in [6, 6.07) is 3.12. The van der Waals surface area contributed by atoms with Gasteiger partial charge in [0.25, 0.3) is 0 Å². The number of hydrogen-bond donors (Lipinski definition) is 1. The maximum atomic E-state index is 11.1. The van der Waals surface area contributed by atoms with Gasteiger partial charge in [-0.1, -0.05) is 0 Å². The van der Waals surface area contributed by atoms with Crippen LogP contribution in [0, 0.1) is 6.92 Å². The van der Waals surface area contributed by atoms with Crippen molar-refractivity contribution in [3.63, 3.8) is 0 Å². The summed E-state index contributed by atoms with van der Waals surface area (Å²) in [5.41, 5.74) is 0. The second-order valence-corrected chi connectivity index (χ2v) is 5.35. The van der Waals surface area contributed by atoms with Crippen LogP contribution in [-0.2, 0) is 10.0 Å². The summed E-state index contributed by atoms with van der Waals surface area (Å²) >= 11 is 5.25. The van der Waals surface area contributed by atoms with Crippen molar-refractivity contribution in [2.75, 3.05) is 5.21 Å². The molecule has 1 atom stereocenters. The van der Waals surface area contributed by atoms with Gasteiger partial charge in [0.15, 0.2) is 0 Å². The summed E-state index contributed by atoms with van der Waals surface area (Å²) in [5, 5.41) is -0.447. The summed E-state index contributed by atoms with van der Waals surface area (Å²) in [4.78, 5) is 0. The Morgan fingerprint density at radius 1 is 1.57 bits per heavy atom. The molecule has 1 rings (SSSR count). The molecule has 1 aromatic rings. The van der Waals surface area contributed by atoms with Crippen LogP contribution in [0.4, 0.5) is 0 Å². The van der Waals surface area contributed by atoms with Crippen molar-refractivity contribution in [3.8, 4) is 0 Å². The summed E-state index contributed by atoms with van der Waals surface area (Å²) in [6.45, 7) is 3.49. The lowest BCUT2D eigenvalue weighted by molar-refractivity contribution is 0.441. The van der Waals surface area contributed by atoms with Gasteiger partial charge >= 0.3 is 0 Å². The molecule has 0 saturated heterocycles.